The molecule has 30 heavy (non-hydrogen) atoms. The molecule has 0 aromatic heterocycles. The van der Waals surface area contributed by atoms with Crippen LogP contribution in [-0.4, -0.2) is 19.2 Å². The van der Waals surface area contributed by atoms with E-state index in [2.05, 4.69) is 29.6 Å². The molecule has 0 saturated carbocycles. The Morgan fingerprint density at radius 1 is 1.10 bits per heavy atom. The van der Waals surface area contributed by atoms with Crippen molar-refractivity contribution >= 4 is 29.5 Å². The number of ether oxygens (including phenoxy) is 1. The Bertz CT molecular complexity index is 1080. The SMILES string of the molecule is Nc1c(Cl)cc(F)cc1C=CCNC(=O)OCC1c2ccccc2-c2ccccc21. The third kappa shape index (κ3) is 4.02. The number of rotatable bonds is 5. The number of amides is 1. The van der Waals surface area contributed by atoms with E-state index >= 15 is 0 Å². The molecular formula is C24H20ClFN2O2. The number of nitrogens with two attached hydrogens (primary N) is 1. The summed E-state index contributed by atoms with van der Waals surface area (Å²) in [6.07, 6.45) is 2.74. The van der Waals surface area contributed by atoms with Crippen molar-refractivity contribution in [2.24, 2.45) is 0 Å². The lowest BCUT2D eigenvalue weighted by Crippen LogP contribution is -2.26. The quantitative estimate of drug-likeness (QED) is 0.525. The molecular weight excluding hydrogens is 403 g/mol. The van der Waals surface area contributed by atoms with E-state index in [1.54, 1.807) is 12.2 Å². The number of carbonyl (C=O) groups excluding carboxylic acids is 1. The first-order valence-corrected chi connectivity index (χ1v) is 9.92. The summed E-state index contributed by atoms with van der Waals surface area (Å²) in [6, 6.07) is 18.8. The number of fused-ring (bicyclic) bond motifs is 3. The summed E-state index contributed by atoms with van der Waals surface area (Å²) in [7, 11) is 0. The fourth-order valence-corrected chi connectivity index (χ4v) is 3.93. The second kappa shape index (κ2) is 8.59. The maximum atomic E-state index is 13.4. The van der Waals surface area contributed by atoms with Crippen LogP contribution >= 0.6 is 11.6 Å². The normalized spacial score (nSPS) is 12.6. The molecule has 0 spiro atoms. The molecule has 0 saturated heterocycles. The van der Waals surface area contributed by atoms with Gasteiger partial charge < -0.3 is 15.8 Å². The molecule has 1 aliphatic carbocycles. The Morgan fingerprint density at radius 2 is 1.73 bits per heavy atom. The number of hydrogen-bond acceptors (Lipinski definition) is 3. The topological polar surface area (TPSA) is 64.3 Å². The van der Waals surface area contributed by atoms with Crippen molar-refractivity contribution in [2.75, 3.05) is 18.9 Å². The lowest BCUT2D eigenvalue weighted by atomic mass is 9.98. The molecule has 0 unspecified atom stereocenters. The molecule has 6 heteroatoms. The molecule has 152 valence electrons. The highest BCUT2D eigenvalue weighted by atomic mass is 35.5. The predicted octanol–water partition coefficient (Wildman–Crippen LogP) is 5.61. The number of alkyl carbamates (subject to hydrolysis) is 1. The Labute approximate surface area is 179 Å². The molecule has 3 aromatic carbocycles. The summed E-state index contributed by atoms with van der Waals surface area (Å²) in [4.78, 5) is 12.1. The Kier molecular flexibility index (Phi) is 5.72. The van der Waals surface area contributed by atoms with Gasteiger partial charge in [0.15, 0.2) is 0 Å². The monoisotopic (exact) mass is 422 g/mol. The largest absolute Gasteiger partial charge is 0.449 e. The minimum absolute atomic E-state index is 0.00734. The third-order valence-electron chi connectivity index (χ3n) is 5.13. The van der Waals surface area contributed by atoms with Crippen LogP contribution in [0.1, 0.15) is 22.6 Å². The Morgan fingerprint density at radius 3 is 2.40 bits per heavy atom. The van der Waals surface area contributed by atoms with Crippen molar-refractivity contribution in [1.29, 1.82) is 0 Å². The third-order valence-corrected chi connectivity index (χ3v) is 5.44. The highest BCUT2D eigenvalue weighted by Crippen LogP contribution is 2.44. The van der Waals surface area contributed by atoms with Gasteiger partial charge in [0.05, 0.1) is 10.7 Å². The summed E-state index contributed by atoms with van der Waals surface area (Å²) in [5.74, 6) is -0.466. The van der Waals surface area contributed by atoms with Gasteiger partial charge in [-0.2, -0.15) is 0 Å². The zero-order valence-corrected chi connectivity index (χ0v) is 16.8. The van der Waals surface area contributed by atoms with Crippen molar-refractivity contribution in [3.8, 4) is 11.1 Å². The number of halogens is 2. The van der Waals surface area contributed by atoms with Crippen molar-refractivity contribution in [3.05, 3.63) is 94.3 Å². The first kappa shape index (κ1) is 20.0. The lowest BCUT2D eigenvalue weighted by Gasteiger charge is -2.14. The van der Waals surface area contributed by atoms with Crippen molar-refractivity contribution in [1.82, 2.24) is 5.32 Å². The molecule has 3 aromatic rings. The van der Waals surface area contributed by atoms with Gasteiger partial charge in [-0.3, -0.25) is 0 Å². The zero-order valence-electron chi connectivity index (χ0n) is 16.1. The number of carbonyl (C=O) groups is 1. The van der Waals surface area contributed by atoms with Gasteiger partial charge in [-0.25, -0.2) is 9.18 Å². The summed E-state index contributed by atoms with van der Waals surface area (Å²) >= 11 is 5.87. The zero-order chi connectivity index (χ0) is 21.1. The van der Waals surface area contributed by atoms with E-state index in [1.165, 1.54) is 17.2 Å². The van der Waals surface area contributed by atoms with Crippen LogP contribution < -0.4 is 11.1 Å². The van der Waals surface area contributed by atoms with Crippen LogP contribution in [0, 0.1) is 5.82 Å². The van der Waals surface area contributed by atoms with Crippen molar-refractivity contribution in [2.45, 2.75) is 5.92 Å². The van der Waals surface area contributed by atoms with Crippen molar-refractivity contribution < 1.29 is 13.9 Å². The molecule has 0 radical (unpaired) electrons. The molecule has 4 rings (SSSR count). The second-order valence-electron chi connectivity index (χ2n) is 7.00. The summed E-state index contributed by atoms with van der Waals surface area (Å²) in [5.41, 5.74) is 11.2. The highest BCUT2D eigenvalue weighted by Gasteiger charge is 2.28. The first-order valence-electron chi connectivity index (χ1n) is 9.54. The summed E-state index contributed by atoms with van der Waals surface area (Å²) < 4.78 is 18.9. The van der Waals surface area contributed by atoms with Crippen LogP contribution in [0.4, 0.5) is 14.9 Å². The standard InChI is InChI=1S/C24H20ClFN2O2/c25-22-13-16(26)12-15(23(22)27)6-5-11-28-24(29)30-14-21-19-9-3-1-7-17(19)18-8-2-4-10-20(18)21/h1-10,12-13,21H,11,14,27H2,(H,28,29). The van der Waals surface area contributed by atoms with Crippen LogP contribution in [0.3, 0.4) is 0 Å². The summed E-state index contributed by atoms with van der Waals surface area (Å²) in [5, 5.41) is 2.81. The molecule has 0 aliphatic heterocycles. The van der Waals surface area contributed by atoms with E-state index in [4.69, 9.17) is 22.1 Å². The molecule has 4 nitrogen and oxygen atoms in total. The maximum Gasteiger partial charge on any atom is 0.407 e. The van der Waals surface area contributed by atoms with E-state index in [0.717, 1.165) is 17.2 Å². The van der Waals surface area contributed by atoms with Gasteiger partial charge in [0, 0.05) is 18.0 Å². The van der Waals surface area contributed by atoms with E-state index in [-0.39, 0.29) is 29.8 Å². The smallest absolute Gasteiger partial charge is 0.407 e. The number of nitrogens with one attached hydrogen (secondary N) is 1. The van der Waals surface area contributed by atoms with Gasteiger partial charge in [0.1, 0.15) is 12.4 Å². The van der Waals surface area contributed by atoms with E-state index < -0.39 is 11.9 Å². The number of hydrogen-bond donors (Lipinski definition) is 2. The minimum atomic E-state index is -0.522. The number of anilines is 1. The average molecular weight is 423 g/mol. The van der Waals surface area contributed by atoms with Gasteiger partial charge in [-0.05, 0) is 34.4 Å². The van der Waals surface area contributed by atoms with E-state index in [1.807, 2.05) is 24.3 Å². The fraction of sp³-hybridized carbons (Fsp3) is 0.125. The number of nitrogen functional groups attached to an aromatic ring is 1. The second-order valence-corrected chi connectivity index (χ2v) is 7.41. The van der Waals surface area contributed by atoms with Crippen LogP contribution in [0.25, 0.3) is 17.2 Å². The van der Waals surface area contributed by atoms with Gasteiger partial charge in [-0.15, -0.1) is 0 Å². The van der Waals surface area contributed by atoms with Gasteiger partial charge in [-0.1, -0.05) is 72.3 Å². The molecule has 1 aliphatic rings. The molecule has 0 atom stereocenters. The van der Waals surface area contributed by atoms with Crippen LogP contribution in [0.5, 0.6) is 0 Å². The van der Waals surface area contributed by atoms with E-state index in [9.17, 15) is 9.18 Å². The fourth-order valence-electron chi connectivity index (χ4n) is 3.72. The highest BCUT2D eigenvalue weighted by molar-refractivity contribution is 6.33. The van der Waals surface area contributed by atoms with Crippen LogP contribution in [-0.2, 0) is 4.74 Å². The van der Waals surface area contributed by atoms with Crippen LogP contribution in [0.2, 0.25) is 5.02 Å². The lowest BCUT2D eigenvalue weighted by molar-refractivity contribution is 0.144. The molecule has 0 bridgehead atoms. The Balaban J connectivity index is 1.35. The molecule has 0 fully saturated rings. The summed E-state index contributed by atoms with van der Waals surface area (Å²) in [6.45, 7) is 0.459. The molecule has 3 N–H and O–H groups in total. The minimum Gasteiger partial charge on any atom is -0.449 e. The maximum absolute atomic E-state index is 13.4. The average Bonchev–Trinajstić information content (AvgIpc) is 3.07. The predicted molar refractivity (Wildman–Crippen MR) is 118 cm³/mol. The molecule has 1 amide bonds. The van der Waals surface area contributed by atoms with Gasteiger partial charge in [0.25, 0.3) is 0 Å². The van der Waals surface area contributed by atoms with Crippen LogP contribution in [0.15, 0.2) is 66.7 Å². The van der Waals surface area contributed by atoms with Gasteiger partial charge >= 0.3 is 6.09 Å². The van der Waals surface area contributed by atoms with Crippen molar-refractivity contribution in [3.63, 3.8) is 0 Å². The first-order chi connectivity index (χ1) is 14.5. The van der Waals surface area contributed by atoms with Gasteiger partial charge in [0.2, 0.25) is 0 Å². The Hall–Kier alpha value is -3.31. The molecule has 0 heterocycles. The van der Waals surface area contributed by atoms with E-state index in [0.29, 0.717) is 5.56 Å². The number of benzene rings is 3.